The molecule has 1 N–H and O–H groups in total. The molecule has 2 aromatic heterocycles. The summed E-state index contributed by atoms with van der Waals surface area (Å²) in [5, 5.41) is 13.8. The van der Waals surface area contributed by atoms with Gasteiger partial charge in [0, 0.05) is 30.0 Å². The van der Waals surface area contributed by atoms with Crippen molar-refractivity contribution in [1.29, 1.82) is 0 Å². The van der Waals surface area contributed by atoms with E-state index in [-0.39, 0.29) is 42.4 Å². The third-order valence-electron chi connectivity index (χ3n) is 6.06. The number of halogens is 4. The van der Waals surface area contributed by atoms with Crippen molar-refractivity contribution in [3.63, 3.8) is 0 Å². The number of alkyl halides is 3. The monoisotopic (exact) mass is 474 g/mol. The topological polar surface area (TPSA) is 86.2 Å². The van der Waals surface area contributed by atoms with Crippen molar-refractivity contribution in [2.45, 2.75) is 61.6 Å². The SMILES string of the molecule is O=C(CO[C@H]1C[C@@H](OC(F)(F)F)C1)NC12CC(c3nnc(-c4ccc(Cl)cn4)s3)(C1)C2. The lowest BCUT2D eigenvalue weighted by molar-refractivity contribution is -0.357. The molecule has 0 atom stereocenters. The Balaban J connectivity index is 1.06. The van der Waals surface area contributed by atoms with Gasteiger partial charge in [0.15, 0.2) is 5.01 Å². The zero-order valence-corrected chi connectivity index (χ0v) is 17.7. The summed E-state index contributed by atoms with van der Waals surface area (Å²) in [6.07, 6.45) is -1.67. The maximum absolute atomic E-state index is 12.2. The van der Waals surface area contributed by atoms with Crippen LogP contribution in [0.1, 0.15) is 37.1 Å². The number of hydrogen-bond donors (Lipinski definition) is 1. The van der Waals surface area contributed by atoms with Gasteiger partial charge in [-0.2, -0.15) is 0 Å². The fraction of sp³-hybridized carbons (Fsp3) is 0.579. The van der Waals surface area contributed by atoms with Gasteiger partial charge in [-0.25, -0.2) is 0 Å². The van der Waals surface area contributed by atoms with Gasteiger partial charge in [0.25, 0.3) is 0 Å². The van der Waals surface area contributed by atoms with Gasteiger partial charge in [0.2, 0.25) is 5.91 Å². The van der Waals surface area contributed by atoms with E-state index in [1.165, 1.54) is 11.3 Å². The number of rotatable bonds is 7. The third-order valence-corrected chi connectivity index (χ3v) is 7.48. The first kappa shape index (κ1) is 21.0. The molecule has 31 heavy (non-hydrogen) atoms. The highest BCUT2D eigenvalue weighted by molar-refractivity contribution is 7.14. The number of nitrogens with one attached hydrogen (secondary N) is 1. The molecule has 4 aliphatic carbocycles. The van der Waals surface area contributed by atoms with E-state index >= 15 is 0 Å². The summed E-state index contributed by atoms with van der Waals surface area (Å²) in [6.45, 7) is -0.163. The van der Waals surface area contributed by atoms with Gasteiger partial charge >= 0.3 is 6.36 Å². The summed E-state index contributed by atoms with van der Waals surface area (Å²) in [7, 11) is 0. The van der Waals surface area contributed by atoms with Crippen molar-refractivity contribution in [1.82, 2.24) is 20.5 Å². The number of pyridine rings is 1. The Hall–Kier alpha value is -1.82. The Labute approximate surface area is 184 Å². The Morgan fingerprint density at radius 2 is 1.97 bits per heavy atom. The van der Waals surface area contributed by atoms with Crippen LogP contribution in [0.3, 0.4) is 0 Å². The van der Waals surface area contributed by atoms with Gasteiger partial charge in [-0.15, -0.1) is 23.4 Å². The van der Waals surface area contributed by atoms with Crippen molar-refractivity contribution in [3.8, 4) is 10.7 Å². The van der Waals surface area contributed by atoms with Crippen molar-refractivity contribution in [2.75, 3.05) is 6.61 Å². The second kappa shape index (κ2) is 7.36. The molecule has 4 saturated carbocycles. The molecule has 1 amide bonds. The summed E-state index contributed by atoms with van der Waals surface area (Å²) in [6, 6.07) is 3.56. The molecule has 166 valence electrons. The molecule has 2 bridgehead atoms. The number of carbonyl (C=O) groups excluding carboxylic acids is 1. The zero-order chi connectivity index (χ0) is 21.9. The van der Waals surface area contributed by atoms with Crippen molar-refractivity contribution in [2.24, 2.45) is 0 Å². The molecule has 0 aromatic carbocycles. The number of carbonyl (C=O) groups is 1. The molecule has 2 heterocycles. The van der Waals surface area contributed by atoms with Crippen LogP contribution in [-0.2, 0) is 19.7 Å². The number of ether oxygens (including phenoxy) is 2. The average molecular weight is 475 g/mol. The van der Waals surface area contributed by atoms with Gasteiger partial charge < -0.3 is 10.1 Å². The van der Waals surface area contributed by atoms with E-state index in [9.17, 15) is 18.0 Å². The lowest BCUT2D eigenvalue weighted by Crippen LogP contribution is -2.77. The van der Waals surface area contributed by atoms with Crippen LogP contribution in [0.2, 0.25) is 5.02 Å². The zero-order valence-electron chi connectivity index (χ0n) is 16.1. The number of hydrogen-bond acceptors (Lipinski definition) is 7. The smallest absolute Gasteiger partial charge is 0.368 e. The first-order chi connectivity index (χ1) is 14.6. The van der Waals surface area contributed by atoms with Crippen LogP contribution < -0.4 is 5.32 Å². The summed E-state index contributed by atoms with van der Waals surface area (Å²) in [5.74, 6) is -0.253. The predicted molar refractivity (Wildman–Crippen MR) is 104 cm³/mol. The van der Waals surface area contributed by atoms with Gasteiger partial charge in [-0.3, -0.25) is 14.5 Å². The second-order valence-corrected chi connectivity index (χ2v) is 9.92. The highest BCUT2D eigenvalue weighted by Crippen LogP contribution is 2.68. The number of amides is 1. The fourth-order valence-electron chi connectivity index (χ4n) is 4.65. The maximum Gasteiger partial charge on any atom is 0.522 e. The minimum absolute atomic E-state index is 0.0490. The van der Waals surface area contributed by atoms with Crippen LogP contribution in [0.5, 0.6) is 0 Å². The van der Waals surface area contributed by atoms with E-state index in [0.29, 0.717) is 5.02 Å². The first-order valence-corrected chi connectivity index (χ1v) is 11.0. The first-order valence-electron chi connectivity index (χ1n) is 9.77. The molecule has 7 nitrogen and oxygen atoms in total. The van der Waals surface area contributed by atoms with Crippen molar-refractivity contribution in [3.05, 3.63) is 28.4 Å². The number of aromatic nitrogens is 3. The summed E-state index contributed by atoms with van der Waals surface area (Å²) in [5.41, 5.74) is 0.428. The molecule has 0 radical (unpaired) electrons. The Kier molecular flexibility index (Phi) is 5.00. The van der Waals surface area contributed by atoms with E-state index in [2.05, 4.69) is 25.2 Å². The normalized spacial score (nSPS) is 31.4. The quantitative estimate of drug-likeness (QED) is 0.659. The van der Waals surface area contributed by atoms with Crippen molar-refractivity contribution >= 4 is 28.8 Å². The van der Waals surface area contributed by atoms with Crippen LogP contribution in [0.4, 0.5) is 13.2 Å². The average Bonchev–Trinajstić information content (AvgIpc) is 3.08. The van der Waals surface area contributed by atoms with Crippen molar-refractivity contribution < 1.29 is 27.4 Å². The maximum atomic E-state index is 12.2. The van der Waals surface area contributed by atoms with Crippen LogP contribution in [-0.4, -0.2) is 51.8 Å². The minimum Gasteiger partial charge on any atom is -0.368 e. The largest absolute Gasteiger partial charge is 0.522 e. The van der Waals surface area contributed by atoms with Crippen LogP contribution in [0, 0.1) is 0 Å². The van der Waals surface area contributed by atoms with E-state index in [1.807, 2.05) is 0 Å². The van der Waals surface area contributed by atoms with Gasteiger partial charge in [-0.1, -0.05) is 22.9 Å². The Bertz CT molecular complexity index is 974. The predicted octanol–water partition coefficient (Wildman–Crippen LogP) is 3.63. The lowest BCUT2D eigenvalue weighted by Gasteiger charge is -2.69. The summed E-state index contributed by atoms with van der Waals surface area (Å²) >= 11 is 7.37. The van der Waals surface area contributed by atoms with Gasteiger partial charge in [-0.05, 0) is 31.4 Å². The number of nitrogens with zero attached hydrogens (tertiary/aromatic N) is 3. The van der Waals surface area contributed by atoms with Crippen LogP contribution >= 0.6 is 22.9 Å². The highest BCUT2D eigenvalue weighted by Gasteiger charge is 2.70. The highest BCUT2D eigenvalue weighted by atomic mass is 35.5. The molecule has 12 heteroatoms. The molecule has 0 aliphatic heterocycles. The van der Waals surface area contributed by atoms with E-state index < -0.39 is 12.5 Å². The molecule has 6 rings (SSSR count). The Morgan fingerprint density at radius 3 is 2.61 bits per heavy atom. The van der Waals surface area contributed by atoms with E-state index in [4.69, 9.17) is 16.3 Å². The molecular formula is C19H18ClF3N4O3S. The van der Waals surface area contributed by atoms with Gasteiger partial charge in [0.05, 0.1) is 17.2 Å². The molecule has 2 aromatic rings. The Morgan fingerprint density at radius 1 is 1.23 bits per heavy atom. The molecule has 4 aliphatic rings. The molecule has 0 spiro atoms. The molecule has 0 saturated heterocycles. The summed E-state index contributed by atoms with van der Waals surface area (Å²) < 4.78 is 45.7. The van der Waals surface area contributed by atoms with E-state index in [1.54, 1.807) is 18.3 Å². The van der Waals surface area contributed by atoms with Gasteiger partial charge in [0.1, 0.15) is 17.3 Å². The molecular weight excluding hydrogens is 457 g/mol. The lowest BCUT2D eigenvalue weighted by atomic mass is 9.39. The fourth-order valence-corrected chi connectivity index (χ4v) is 5.77. The standard InChI is InChI=1S/C19H18ClF3N4O3S/c20-10-1-2-13(24-5-10)15-26-27-16(31-15)17-7-18(8-17,9-17)25-14(28)6-29-11-3-12(4-11)30-19(21,22)23/h1-2,5,11-12H,3-4,6-9H2,(H,25,28)/t11-,12+,17?,18?. The molecule has 4 fully saturated rings. The molecule has 0 unspecified atom stereocenters. The summed E-state index contributed by atoms with van der Waals surface area (Å²) in [4.78, 5) is 16.5. The minimum atomic E-state index is -4.63. The third kappa shape index (κ3) is 4.15. The van der Waals surface area contributed by atoms with Crippen LogP contribution in [0.25, 0.3) is 10.7 Å². The van der Waals surface area contributed by atoms with Crippen LogP contribution in [0.15, 0.2) is 18.3 Å². The second-order valence-electron chi connectivity index (χ2n) is 8.50. The van der Waals surface area contributed by atoms with E-state index in [0.717, 1.165) is 35.0 Å².